The second kappa shape index (κ2) is 8.15. The largest absolute Gasteiger partial charge is 0.441 e. The summed E-state index contributed by atoms with van der Waals surface area (Å²) in [6.45, 7) is 11.4. The van der Waals surface area contributed by atoms with Crippen molar-refractivity contribution in [1.82, 2.24) is 14.7 Å². The van der Waals surface area contributed by atoms with Gasteiger partial charge in [0.15, 0.2) is 0 Å². The fourth-order valence-electron chi connectivity index (χ4n) is 4.78. The zero-order valence-electron chi connectivity index (χ0n) is 16.7. The third-order valence-corrected chi connectivity index (χ3v) is 6.72. The average Bonchev–Trinajstić information content (AvgIpc) is 3.24. The van der Waals surface area contributed by atoms with Crippen LogP contribution in [0.1, 0.15) is 59.3 Å². The number of hydrogen-bond acceptors (Lipinski definition) is 4. The van der Waals surface area contributed by atoms with Gasteiger partial charge in [-0.3, -0.25) is 9.69 Å². The number of carbonyl (C=O) groups is 2. The van der Waals surface area contributed by atoms with Crippen LogP contribution < -0.4 is 0 Å². The molecule has 26 heavy (non-hydrogen) atoms. The van der Waals surface area contributed by atoms with Crippen molar-refractivity contribution in [2.45, 2.75) is 70.9 Å². The predicted octanol–water partition coefficient (Wildman–Crippen LogP) is 2.72. The number of hydrogen-bond donors (Lipinski definition) is 0. The number of nitrogens with zero attached hydrogens (tertiary/aromatic N) is 3. The Labute approximate surface area is 157 Å². The van der Waals surface area contributed by atoms with Crippen LogP contribution in [0.25, 0.3) is 0 Å². The highest BCUT2D eigenvalue weighted by molar-refractivity contribution is 5.82. The monoisotopic (exact) mass is 365 g/mol. The van der Waals surface area contributed by atoms with Crippen LogP contribution in [0.2, 0.25) is 0 Å². The summed E-state index contributed by atoms with van der Waals surface area (Å²) in [6, 6.07) is 0.0616. The smallest absolute Gasteiger partial charge is 0.410 e. The maximum absolute atomic E-state index is 12.9. The Balaban J connectivity index is 1.55. The molecule has 3 rings (SSSR count). The molecule has 6 heteroatoms. The molecule has 0 bridgehead atoms. The van der Waals surface area contributed by atoms with Crippen LogP contribution >= 0.6 is 0 Å². The molecule has 3 saturated heterocycles. The van der Waals surface area contributed by atoms with E-state index in [2.05, 4.69) is 25.7 Å². The number of amides is 2. The molecule has 3 heterocycles. The molecule has 148 valence electrons. The van der Waals surface area contributed by atoms with Gasteiger partial charge in [0.25, 0.3) is 0 Å². The molecule has 0 aromatic rings. The first-order chi connectivity index (χ1) is 12.5. The fourth-order valence-corrected chi connectivity index (χ4v) is 4.78. The van der Waals surface area contributed by atoms with Gasteiger partial charge in [-0.1, -0.05) is 33.6 Å². The van der Waals surface area contributed by atoms with Crippen LogP contribution in [0.5, 0.6) is 0 Å². The van der Waals surface area contributed by atoms with E-state index in [1.807, 2.05) is 9.80 Å². The normalized spacial score (nSPS) is 26.2. The molecule has 0 saturated carbocycles. The standard InChI is InChI=1S/C20H35N3O3/c1-4-16(5-2)14-23-15-20(26-19(23)25)9-12-22(13-10-20)18(24)17-8-7-11-21(17)6-3/h16-17H,4-15H2,1-3H3. The minimum absolute atomic E-state index is 0.0616. The lowest BCUT2D eigenvalue weighted by Gasteiger charge is -2.39. The van der Waals surface area contributed by atoms with Gasteiger partial charge >= 0.3 is 6.09 Å². The molecular weight excluding hydrogens is 330 g/mol. The van der Waals surface area contributed by atoms with E-state index in [0.29, 0.717) is 25.6 Å². The summed E-state index contributed by atoms with van der Waals surface area (Å²) < 4.78 is 5.83. The molecule has 6 nitrogen and oxygen atoms in total. The van der Waals surface area contributed by atoms with Gasteiger partial charge in [-0.05, 0) is 31.8 Å². The number of ether oxygens (including phenoxy) is 1. The van der Waals surface area contributed by atoms with E-state index in [4.69, 9.17) is 4.74 Å². The molecule has 0 N–H and O–H groups in total. The van der Waals surface area contributed by atoms with Crippen LogP contribution in [0.4, 0.5) is 4.79 Å². The van der Waals surface area contributed by atoms with Crippen molar-refractivity contribution >= 4 is 12.0 Å². The van der Waals surface area contributed by atoms with Gasteiger partial charge in [0.2, 0.25) is 5.91 Å². The van der Waals surface area contributed by atoms with Gasteiger partial charge in [-0.15, -0.1) is 0 Å². The van der Waals surface area contributed by atoms with Gasteiger partial charge < -0.3 is 14.5 Å². The first-order valence-electron chi connectivity index (χ1n) is 10.5. The van der Waals surface area contributed by atoms with E-state index in [9.17, 15) is 9.59 Å². The topological polar surface area (TPSA) is 53.1 Å². The Morgan fingerprint density at radius 3 is 2.50 bits per heavy atom. The van der Waals surface area contributed by atoms with Crippen LogP contribution in [0.3, 0.4) is 0 Å². The van der Waals surface area contributed by atoms with Crippen LogP contribution in [0.15, 0.2) is 0 Å². The molecule has 3 aliphatic rings. The van der Waals surface area contributed by atoms with Gasteiger partial charge in [0.05, 0.1) is 12.6 Å². The number of rotatable bonds is 6. The number of likely N-dealkylation sites (tertiary alicyclic amines) is 2. The molecule has 3 aliphatic heterocycles. The highest BCUT2D eigenvalue weighted by atomic mass is 16.6. The summed E-state index contributed by atoms with van der Waals surface area (Å²) in [5.74, 6) is 0.819. The van der Waals surface area contributed by atoms with Crippen molar-refractivity contribution < 1.29 is 14.3 Å². The molecule has 0 aromatic heterocycles. The third kappa shape index (κ3) is 3.85. The molecule has 1 unspecified atom stereocenters. The molecule has 3 fully saturated rings. The van der Waals surface area contributed by atoms with Gasteiger partial charge in [0, 0.05) is 32.5 Å². The zero-order chi connectivity index (χ0) is 18.7. The number of piperidine rings is 1. The second-order valence-corrected chi connectivity index (χ2v) is 8.23. The van der Waals surface area contributed by atoms with E-state index >= 15 is 0 Å². The van der Waals surface area contributed by atoms with Crippen molar-refractivity contribution in [3.63, 3.8) is 0 Å². The molecule has 2 amide bonds. The maximum Gasteiger partial charge on any atom is 0.410 e. The Morgan fingerprint density at radius 1 is 1.19 bits per heavy atom. The minimum Gasteiger partial charge on any atom is -0.441 e. The Kier molecular flexibility index (Phi) is 6.10. The number of carbonyl (C=O) groups excluding carboxylic acids is 2. The van der Waals surface area contributed by atoms with Crippen molar-refractivity contribution in [2.24, 2.45) is 5.92 Å². The fraction of sp³-hybridized carbons (Fsp3) is 0.900. The first kappa shape index (κ1) is 19.5. The van der Waals surface area contributed by atoms with Gasteiger partial charge in [-0.25, -0.2) is 4.79 Å². The quantitative estimate of drug-likeness (QED) is 0.726. The highest BCUT2D eigenvalue weighted by Gasteiger charge is 2.48. The van der Waals surface area contributed by atoms with Crippen molar-refractivity contribution in [2.75, 3.05) is 39.3 Å². The van der Waals surface area contributed by atoms with Crippen LogP contribution in [-0.2, 0) is 9.53 Å². The molecule has 1 atom stereocenters. The summed E-state index contributed by atoms with van der Waals surface area (Å²) in [4.78, 5) is 31.4. The highest BCUT2D eigenvalue weighted by Crippen LogP contribution is 2.34. The van der Waals surface area contributed by atoms with Gasteiger partial charge in [-0.2, -0.15) is 0 Å². The van der Waals surface area contributed by atoms with E-state index in [-0.39, 0.29) is 23.6 Å². The lowest BCUT2D eigenvalue weighted by molar-refractivity contribution is -0.139. The lowest BCUT2D eigenvalue weighted by atomic mass is 9.90. The SMILES string of the molecule is CCC(CC)CN1CC2(CCN(C(=O)C3CCCN3CC)CC2)OC1=O. The Morgan fingerprint density at radius 2 is 1.88 bits per heavy atom. The summed E-state index contributed by atoms with van der Waals surface area (Å²) in [6.07, 6.45) is 5.64. The summed E-state index contributed by atoms with van der Waals surface area (Å²) in [5.41, 5.74) is -0.375. The maximum atomic E-state index is 12.9. The zero-order valence-corrected chi connectivity index (χ0v) is 16.7. The van der Waals surface area contributed by atoms with Crippen molar-refractivity contribution in [3.8, 4) is 0 Å². The second-order valence-electron chi connectivity index (χ2n) is 8.23. The van der Waals surface area contributed by atoms with Crippen LogP contribution in [0, 0.1) is 5.92 Å². The van der Waals surface area contributed by atoms with Crippen molar-refractivity contribution in [1.29, 1.82) is 0 Å². The minimum atomic E-state index is -0.375. The molecule has 0 radical (unpaired) electrons. The lowest BCUT2D eigenvalue weighted by Crippen LogP contribution is -2.53. The molecule has 0 aromatic carbocycles. The summed E-state index contributed by atoms with van der Waals surface area (Å²) in [5, 5.41) is 0. The van der Waals surface area contributed by atoms with Crippen molar-refractivity contribution in [3.05, 3.63) is 0 Å². The average molecular weight is 366 g/mol. The number of likely N-dealkylation sites (N-methyl/N-ethyl adjacent to an activating group) is 1. The Hall–Kier alpha value is -1.30. The van der Waals surface area contributed by atoms with E-state index in [1.165, 1.54) is 0 Å². The van der Waals surface area contributed by atoms with E-state index < -0.39 is 0 Å². The third-order valence-electron chi connectivity index (χ3n) is 6.72. The van der Waals surface area contributed by atoms with E-state index in [0.717, 1.165) is 58.2 Å². The van der Waals surface area contributed by atoms with Crippen LogP contribution in [-0.4, -0.2) is 77.6 Å². The first-order valence-corrected chi connectivity index (χ1v) is 10.5. The Bertz CT molecular complexity index is 512. The summed E-state index contributed by atoms with van der Waals surface area (Å²) >= 11 is 0. The molecule has 1 spiro atoms. The molecular formula is C20H35N3O3. The predicted molar refractivity (Wildman–Crippen MR) is 101 cm³/mol. The molecule has 0 aliphatic carbocycles. The van der Waals surface area contributed by atoms with Gasteiger partial charge in [0.1, 0.15) is 5.60 Å². The van der Waals surface area contributed by atoms with E-state index in [1.54, 1.807) is 0 Å². The summed E-state index contributed by atoms with van der Waals surface area (Å²) in [7, 11) is 0.